The zero-order valence-corrected chi connectivity index (χ0v) is 14.5. The molecule has 1 aliphatic heterocycles. The van der Waals surface area contributed by atoms with Gasteiger partial charge < -0.3 is 10.1 Å². The van der Waals surface area contributed by atoms with Gasteiger partial charge in [-0.15, -0.1) is 11.3 Å². The minimum atomic E-state index is -3.86. The van der Waals surface area contributed by atoms with Gasteiger partial charge in [0.15, 0.2) is 0 Å². The lowest BCUT2D eigenvalue weighted by molar-refractivity contribution is -0.126. The van der Waals surface area contributed by atoms with E-state index < -0.39 is 22.0 Å². The highest BCUT2D eigenvalue weighted by atomic mass is 79.9. The molecule has 1 unspecified atom stereocenters. The third kappa shape index (κ3) is 2.98. The van der Waals surface area contributed by atoms with Gasteiger partial charge in [-0.1, -0.05) is 0 Å². The SMILES string of the molecule is COC(=O)c1cc(Br)c(S(=O)(=O)N2CCNC(=O)C2C)s1. The number of nitrogens with zero attached hydrogens (tertiary/aromatic N) is 1. The van der Waals surface area contributed by atoms with Crippen LogP contribution in [0, 0.1) is 0 Å². The molecule has 1 N–H and O–H groups in total. The van der Waals surface area contributed by atoms with Crippen LogP contribution in [0.1, 0.15) is 16.6 Å². The molecule has 0 saturated carbocycles. The summed E-state index contributed by atoms with van der Waals surface area (Å²) in [5, 5.41) is 2.61. The van der Waals surface area contributed by atoms with Gasteiger partial charge >= 0.3 is 5.97 Å². The maximum absolute atomic E-state index is 12.7. The largest absolute Gasteiger partial charge is 0.465 e. The number of hydrogen-bond acceptors (Lipinski definition) is 6. The Morgan fingerprint density at radius 1 is 1.57 bits per heavy atom. The van der Waals surface area contributed by atoms with Crippen molar-refractivity contribution in [3.63, 3.8) is 0 Å². The van der Waals surface area contributed by atoms with Gasteiger partial charge in [-0.05, 0) is 28.9 Å². The minimum Gasteiger partial charge on any atom is -0.465 e. The summed E-state index contributed by atoms with van der Waals surface area (Å²) in [6, 6.07) is 0.609. The van der Waals surface area contributed by atoms with E-state index >= 15 is 0 Å². The van der Waals surface area contributed by atoms with Gasteiger partial charge in [0.05, 0.1) is 7.11 Å². The maximum atomic E-state index is 12.7. The van der Waals surface area contributed by atoms with Crippen molar-refractivity contribution in [1.82, 2.24) is 9.62 Å². The molecule has 1 fully saturated rings. The molecule has 1 aliphatic rings. The molecule has 2 heterocycles. The Labute approximate surface area is 134 Å². The number of carbonyl (C=O) groups excluding carboxylic acids is 2. The predicted octanol–water partition coefficient (Wildman–Crippen LogP) is 0.806. The Morgan fingerprint density at radius 3 is 2.86 bits per heavy atom. The summed E-state index contributed by atoms with van der Waals surface area (Å²) in [6.45, 7) is 1.97. The van der Waals surface area contributed by atoms with E-state index in [1.54, 1.807) is 0 Å². The first-order valence-electron chi connectivity index (χ1n) is 5.96. The van der Waals surface area contributed by atoms with Gasteiger partial charge in [0, 0.05) is 17.6 Å². The molecule has 1 aromatic heterocycles. The number of nitrogens with one attached hydrogen (secondary N) is 1. The Morgan fingerprint density at radius 2 is 2.24 bits per heavy atom. The molecule has 1 saturated heterocycles. The first kappa shape index (κ1) is 16.4. The van der Waals surface area contributed by atoms with Crippen LogP contribution in [0.3, 0.4) is 0 Å². The Hall–Kier alpha value is -0.970. The highest BCUT2D eigenvalue weighted by molar-refractivity contribution is 9.10. The molecular weight excluding hydrogens is 384 g/mol. The fraction of sp³-hybridized carbons (Fsp3) is 0.455. The van der Waals surface area contributed by atoms with Crippen molar-refractivity contribution in [2.45, 2.75) is 17.2 Å². The van der Waals surface area contributed by atoms with E-state index in [2.05, 4.69) is 26.0 Å². The quantitative estimate of drug-likeness (QED) is 0.762. The Balaban J connectivity index is 2.42. The summed E-state index contributed by atoms with van der Waals surface area (Å²) >= 11 is 3.96. The fourth-order valence-electron chi connectivity index (χ4n) is 1.93. The van der Waals surface area contributed by atoms with E-state index in [4.69, 9.17) is 0 Å². The second kappa shape index (κ2) is 6.03. The number of sulfonamides is 1. The van der Waals surface area contributed by atoms with Gasteiger partial charge in [-0.3, -0.25) is 4.79 Å². The van der Waals surface area contributed by atoms with E-state index in [0.29, 0.717) is 0 Å². The van der Waals surface area contributed by atoms with Crippen LogP contribution in [0.5, 0.6) is 0 Å². The smallest absolute Gasteiger partial charge is 0.348 e. The van der Waals surface area contributed by atoms with Gasteiger partial charge in [-0.2, -0.15) is 4.31 Å². The third-order valence-electron chi connectivity index (χ3n) is 3.03. The van der Waals surface area contributed by atoms with Crippen LogP contribution < -0.4 is 5.32 Å². The lowest BCUT2D eigenvalue weighted by Gasteiger charge is -2.31. The average Bonchev–Trinajstić information content (AvgIpc) is 2.83. The molecule has 0 spiro atoms. The number of thiophene rings is 1. The van der Waals surface area contributed by atoms with Crippen LogP contribution in [0.25, 0.3) is 0 Å². The number of amides is 1. The van der Waals surface area contributed by atoms with E-state index in [9.17, 15) is 18.0 Å². The summed E-state index contributed by atoms with van der Waals surface area (Å²) in [7, 11) is -2.64. The summed E-state index contributed by atoms with van der Waals surface area (Å²) in [5.74, 6) is -0.947. The molecule has 0 aromatic carbocycles. The average molecular weight is 397 g/mol. The molecule has 10 heteroatoms. The number of methoxy groups -OCH3 is 1. The molecule has 0 bridgehead atoms. The fourth-order valence-corrected chi connectivity index (χ4v) is 6.20. The predicted molar refractivity (Wildman–Crippen MR) is 79.7 cm³/mol. The Kier molecular flexibility index (Phi) is 4.71. The van der Waals surface area contributed by atoms with E-state index in [1.807, 2.05) is 0 Å². The van der Waals surface area contributed by atoms with Crippen LogP contribution in [-0.4, -0.2) is 50.8 Å². The van der Waals surface area contributed by atoms with E-state index in [-0.39, 0.29) is 32.6 Å². The maximum Gasteiger partial charge on any atom is 0.348 e. The summed E-state index contributed by atoms with van der Waals surface area (Å²) in [6.07, 6.45) is 0. The number of esters is 1. The number of hydrogen-bond donors (Lipinski definition) is 1. The van der Waals surface area contributed by atoms with E-state index in [1.165, 1.54) is 20.1 Å². The molecule has 0 aliphatic carbocycles. The zero-order chi connectivity index (χ0) is 15.8. The highest BCUT2D eigenvalue weighted by Crippen LogP contribution is 2.35. The zero-order valence-electron chi connectivity index (χ0n) is 11.3. The molecule has 116 valence electrons. The first-order valence-corrected chi connectivity index (χ1v) is 9.01. The van der Waals surface area contributed by atoms with Crippen molar-refractivity contribution in [3.8, 4) is 0 Å². The third-order valence-corrected chi connectivity index (χ3v) is 7.77. The number of carbonyl (C=O) groups is 2. The van der Waals surface area contributed by atoms with Gasteiger partial charge in [0.2, 0.25) is 5.91 Å². The first-order chi connectivity index (χ1) is 9.78. The second-order valence-corrected chi connectivity index (χ2v) is 8.31. The highest BCUT2D eigenvalue weighted by Gasteiger charge is 2.38. The minimum absolute atomic E-state index is 0.00977. The molecule has 7 nitrogen and oxygen atoms in total. The van der Waals surface area contributed by atoms with Crippen molar-refractivity contribution in [2.75, 3.05) is 20.2 Å². The summed E-state index contributed by atoms with van der Waals surface area (Å²) < 4.78 is 31.3. The number of ether oxygens (including phenoxy) is 1. The number of rotatable bonds is 3. The van der Waals surface area contributed by atoms with Crippen molar-refractivity contribution in [1.29, 1.82) is 0 Å². The normalized spacial score (nSPS) is 20.1. The van der Waals surface area contributed by atoms with Crippen molar-refractivity contribution < 1.29 is 22.7 Å². The topological polar surface area (TPSA) is 92.8 Å². The van der Waals surface area contributed by atoms with E-state index in [0.717, 1.165) is 15.6 Å². The van der Waals surface area contributed by atoms with Crippen molar-refractivity contribution in [3.05, 3.63) is 15.4 Å². The number of piperazine rings is 1. The van der Waals surface area contributed by atoms with Crippen LogP contribution in [0.15, 0.2) is 14.7 Å². The molecule has 1 amide bonds. The molecule has 21 heavy (non-hydrogen) atoms. The van der Waals surface area contributed by atoms with Crippen LogP contribution in [0.2, 0.25) is 0 Å². The van der Waals surface area contributed by atoms with Gasteiger partial charge in [-0.25, -0.2) is 13.2 Å². The van der Waals surface area contributed by atoms with Crippen LogP contribution in [0.4, 0.5) is 0 Å². The lowest BCUT2D eigenvalue weighted by atomic mass is 10.2. The Bertz CT molecular complexity index is 685. The van der Waals surface area contributed by atoms with Crippen LogP contribution >= 0.6 is 27.3 Å². The molecule has 1 aromatic rings. The second-order valence-electron chi connectivity index (χ2n) is 4.32. The summed E-state index contributed by atoms with van der Waals surface area (Å²) in [5.41, 5.74) is 0. The molecule has 1 atom stereocenters. The molecular formula is C11H13BrN2O5S2. The molecule has 2 rings (SSSR count). The van der Waals surface area contributed by atoms with Crippen LogP contribution in [-0.2, 0) is 19.6 Å². The number of halogens is 1. The van der Waals surface area contributed by atoms with Gasteiger partial charge in [0.1, 0.15) is 15.1 Å². The van der Waals surface area contributed by atoms with Crippen molar-refractivity contribution in [2.24, 2.45) is 0 Å². The lowest BCUT2D eigenvalue weighted by Crippen LogP contribution is -2.55. The summed E-state index contributed by atoms with van der Waals surface area (Å²) in [4.78, 5) is 23.3. The molecule has 0 radical (unpaired) electrons. The van der Waals surface area contributed by atoms with Gasteiger partial charge in [0.25, 0.3) is 10.0 Å². The monoisotopic (exact) mass is 396 g/mol. The standard InChI is InChI=1S/C11H13BrN2O5S2/c1-6-9(15)13-3-4-14(6)21(17,18)11-7(12)5-8(20-11)10(16)19-2/h5-6H,3-4H2,1-2H3,(H,13,15). The van der Waals surface area contributed by atoms with Crippen molar-refractivity contribution >= 4 is 49.2 Å².